The Kier molecular flexibility index (Phi) is 8.04. The molecule has 254 valence electrons. The molecule has 1 N–H and O–H groups in total. The molecule has 7 rings (SSSR count). The third kappa shape index (κ3) is 5.00. The number of aryl methyl sites for hydroxylation is 1. The van der Waals surface area contributed by atoms with Crippen molar-refractivity contribution in [2.75, 3.05) is 24.6 Å². The first kappa shape index (κ1) is 32.5. The fourth-order valence-electron chi connectivity index (χ4n) is 7.65. The molecule has 2 aliphatic rings. The molecule has 0 saturated carbocycles. The van der Waals surface area contributed by atoms with Crippen molar-refractivity contribution in [3.8, 4) is 22.6 Å². The number of nitrogens with zero attached hydrogens (tertiary/aromatic N) is 5. The number of halogens is 2. The monoisotopic (exact) mass is 666 g/mol. The predicted molar refractivity (Wildman–Crippen MR) is 188 cm³/mol. The zero-order chi connectivity index (χ0) is 34.9. The number of pyridine rings is 2. The molecule has 2 atom stereocenters. The van der Waals surface area contributed by atoms with E-state index in [0.29, 0.717) is 58.6 Å². The van der Waals surface area contributed by atoms with E-state index in [2.05, 4.69) is 16.8 Å². The number of amides is 1. The van der Waals surface area contributed by atoms with Gasteiger partial charge in [0.1, 0.15) is 5.82 Å². The number of aromatic amines is 1. The summed E-state index contributed by atoms with van der Waals surface area (Å²) in [5, 5.41) is 7.82. The van der Waals surface area contributed by atoms with E-state index in [1.54, 1.807) is 30.3 Å². The number of nitrogens with one attached hydrogen (secondary N) is 1. The molecule has 1 fully saturated rings. The quantitative estimate of drug-likeness (QED) is 0.201. The lowest BCUT2D eigenvalue weighted by Gasteiger charge is -2.45. The van der Waals surface area contributed by atoms with Crippen LogP contribution in [-0.2, 0) is 4.79 Å². The lowest BCUT2D eigenvalue weighted by atomic mass is 9.93. The summed E-state index contributed by atoms with van der Waals surface area (Å²) < 4.78 is 42.3. The van der Waals surface area contributed by atoms with Crippen LogP contribution in [-0.4, -0.2) is 62.3 Å². The second-order valence-electron chi connectivity index (χ2n) is 13.8. The number of hydrogen-bond donors (Lipinski definition) is 1. The first-order chi connectivity index (χ1) is 23.4. The minimum absolute atomic E-state index is 0.0265. The Balaban J connectivity index is 1.64. The van der Waals surface area contributed by atoms with Crippen molar-refractivity contribution < 1.29 is 18.3 Å². The zero-order valence-electron chi connectivity index (χ0n) is 28.6. The maximum atomic E-state index is 17.8. The number of carbonyl (C=O) groups is 1. The molecule has 0 aliphatic carbocycles. The third-order valence-electron chi connectivity index (χ3n) is 10.0. The molecule has 0 radical (unpaired) electrons. The van der Waals surface area contributed by atoms with Crippen LogP contribution in [0.25, 0.3) is 38.6 Å². The van der Waals surface area contributed by atoms with E-state index in [0.717, 1.165) is 5.56 Å². The van der Waals surface area contributed by atoms with Crippen molar-refractivity contribution in [2.45, 2.75) is 71.9 Å². The van der Waals surface area contributed by atoms with Crippen LogP contribution in [0, 0.1) is 18.6 Å². The van der Waals surface area contributed by atoms with Crippen molar-refractivity contribution >= 4 is 33.4 Å². The summed E-state index contributed by atoms with van der Waals surface area (Å²) in [7, 11) is 0. The Hall–Kier alpha value is -5.06. The molecule has 49 heavy (non-hydrogen) atoms. The van der Waals surface area contributed by atoms with Gasteiger partial charge in [-0.1, -0.05) is 40.3 Å². The Bertz CT molecular complexity index is 2200. The highest BCUT2D eigenvalue weighted by molar-refractivity contribution is 6.03. The Morgan fingerprint density at radius 1 is 1.08 bits per heavy atom. The molecule has 11 heteroatoms. The summed E-state index contributed by atoms with van der Waals surface area (Å²) in [6, 6.07) is 6.27. The molecule has 1 saturated heterocycles. The highest BCUT2D eigenvalue weighted by atomic mass is 19.1. The first-order valence-electron chi connectivity index (χ1n) is 16.8. The normalized spacial score (nSPS) is 17.8. The summed E-state index contributed by atoms with van der Waals surface area (Å²) in [4.78, 5) is 36.3. The highest BCUT2D eigenvalue weighted by Gasteiger charge is 2.40. The van der Waals surface area contributed by atoms with Crippen LogP contribution in [0.1, 0.15) is 69.7 Å². The van der Waals surface area contributed by atoms with Gasteiger partial charge >= 0.3 is 0 Å². The molecule has 2 aromatic carbocycles. The summed E-state index contributed by atoms with van der Waals surface area (Å²) in [5.41, 5.74) is 3.02. The van der Waals surface area contributed by atoms with Gasteiger partial charge in [-0.05, 0) is 61.1 Å². The summed E-state index contributed by atoms with van der Waals surface area (Å²) in [6.07, 6.45) is 5.06. The van der Waals surface area contributed by atoms with Crippen LogP contribution in [0.4, 0.5) is 14.5 Å². The maximum absolute atomic E-state index is 17.8. The first-order valence-corrected chi connectivity index (χ1v) is 16.8. The van der Waals surface area contributed by atoms with Crippen LogP contribution in [0.5, 0.6) is 5.75 Å². The van der Waals surface area contributed by atoms with E-state index < -0.39 is 17.2 Å². The third-order valence-corrected chi connectivity index (χ3v) is 10.0. The fraction of sp³-hybridized carbons (Fsp3) is 0.368. The molecule has 5 aromatic rings. The number of anilines is 1. The van der Waals surface area contributed by atoms with Gasteiger partial charge in [-0.3, -0.25) is 24.2 Å². The van der Waals surface area contributed by atoms with Gasteiger partial charge in [0.25, 0.3) is 5.56 Å². The minimum atomic E-state index is -0.866. The summed E-state index contributed by atoms with van der Waals surface area (Å²) in [5.74, 6) is -1.98. The Labute approximate surface area is 283 Å². The topological polar surface area (TPSA) is 96.3 Å². The van der Waals surface area contributed by atoms with E-state index in [9.17, 15) is 4.79 Å². The number of H-pyrrole nitrogens is 1. The van der Waals surface area contributed by atoms with Crippen molar-refractivity contribution in [2.24, 2.45) is 0 Å². The molecule has 3 aromatic heterocycles. The van der Waals surface area contributed by atoms with Gasteiger partial charge in [0.15, 0.2) is 5.82 Å². The molecule has 2 aliphatic heterocycles. The molecule has 0 spiro atoms. The van der Waals surface area contributed by atoms with E-state index in [1.807, 2.05) is 51.7 Å². The molecule has 5 heterocycles. The lowest BCUT2D eigenvalue weighted by Crippen LogP contribution is -2.59. The SMILES string of the molecule is C=CC(=O)N1CC2CCOc3c(c4cc(F)c(-c5c(C)ccc6[nH]ncc56)c(F)c4n(-c4c(C(C)C)ccnc4C(C)C)c3=O)N2CC1C. The average Bonchev–Trinajstić information content (AvgIpc) is 3.47. The van der Waals surface area contributed by atoms with Gasteiger partial charge in [-0.15, -0.1) is 0 Å². The van der Waals surface area contributed by atoms with Gasteiger partial charge in [-0.25, -0.2) is 8.78 Å². The van der Waals surface area contributed by atoms with Crippen molar-refractivity contribution in [1.82, 2.24) is 24.6 Å². The number of aromatic nitrogens is 4. The highest BCUT2D eigenvalue weighted by Crippen LogP contribution is 2.45. The Morgan fingerprint density at radius 3 is 2.57 bits per heavy atom. The second kappa shape index (κ2) is 12.1. The summed E-state index contributed by atoms with van der Waals surface area (Å²) in [6.45, 7) is 16.2. The number of rotatable bonds is 5. The van der Waals surface area contributed by atoms with Crippen LogP contribution >= 0.6 is 0 Å². The zero-order valence-corrected chi connectivity index (χ0v) is 28.6. The van der Waals surface area contributed by atoms with Gasteiger partial charge < -0.3 is 14.5 Å². The number of fused-ring (bicyclic) bond motifs is 6. The molecular weight excluding hydrogens is 626 g/mol. The number of ether oxygens (including phenoxy) is 1. The number of hydrogen-bond acceptors (Lipinski definition) is 6. The number of piperazine rings is 1. The van der Waals surface area contributed by atoms with E-state index in [1.165, 1.54) is 16.7 Å². The average molecular weight is 667 g/mol. The molecule has 1 amide bonds. The Morgan fingerprint density at radius 2 is 1.86 bits per heavy atom. The molecule has 2 unspecified atom stereocenters. The van der Waals surface area contributed by atoms with Crippen molar-refractivity contribution in [3.63, 3.8) is 0 Å². The number of benzene rings is 2. The standard InChI is InChI=1S/C38H40F2N6O3/c1-8-29(47)44-18-23-12-14-49-37-36(45(23)17-22(44)7)25-15-27(39)31(30-21(6)9-10-28-26(30)16-42-43-28)32(40)34(25)46(38(37)48)35-24(19(2)3)11-13-41-33(35)20(4)5/h8-11,13,15-16,19-20,22-23H,1,12,14,17-18H2,2-7H3,(H,42,43). The summed E-state index contributed by atoms with van der Waals surface area (Å²) >= 11 is 0. The maximum Gasteiger partial charge on any atom is 0.300 e. The van der Waals surface area contributed by atoms with Gasteiger partial charge in [-0.2, -0.15) is 5.10 Å². The van der Waals surface area contributed by atoms with Crippen LogP contribution in [0.15, 0.2) is 54.1 Å². The second-order valence-corrected chi connectivity index (χ2v) is 13.8. The smallest absolute Gasteiger partial charge is 0.300 e. The van der Waals surface area contributed by atoms with Gasteiger partial charge in [0, 0.05) is 48.1 Å². The molecule has 0 bridgehead atoms. The lowest BCUT2D eigenvalue weighted by molar-refractivity contribution is -0.129. The van der Waals surface area contributed by atoms with Crippen molar-refractivity contribution in [3.05, 3.63) is 88.1 Å². The van der Waals surface area contributed by atoms with Gasteiger partial charge in [0.05, 0.1) is 52.5 Å². The van der Waals surface area contributed by atoms with Crippen LogP contribution in [0.3, 0.4) is 0 Å². The van der Waals surface area contributed by atoms with Crippen LogP contribution < -0.4 is 15.2 Å². The number of carbonyl (C=O) groups excluding carboxylic acids is 1. The largest absolute Gasteiger partial charge is 0.486 e. The van der Waals surface area contributed by atoms with E-state index in [4.69, 9.17) is 9.72 Å². The van der Waals surface area contributed by atoms with Crippen LogP contribution in [0.2, 0.25) is 0 Å². The van der Waals surface area contributed by atoms with Gasteiger partial charge in [0.2, 0.25) is 11.7 Å². The van der Waals surface area contributed by atoms with Crippen molar-refractivity contribution in [1.29, 1.82) is 0 Å². The van der Waals surface area contributed by atoms with E-state index in [-0.39, 0.29) is 58.6 Å². The van der Waals surface area contributed by atoms with E-state index >= 15 is 13.6 Å². The fourth-order valence-corrected chi connectivity index (χ4v) is 7.65. The molecular formula is C38H40F2N6O3. The minimum Gasteiger partial charge on any atom is -0.486 e. The predicted octanol–water partition coefficient (Wildman–Crippen LogP) is 7.14. The molecule has 9 nitrogen and oxygen atoms in total.